The number of nitrogens with two attached hydrogens (primary N) is 1. The molecule has 1 saturated heterocycles. The third-order valence-electron chi connectivity index (χ3n) is 3.22. The molecule has 1 aromatic heterocycles. The molecule has 122 valence electrons. The molecule has 1 fully saturated rings. The average Bonchev–Trinajstić information content (AvgIpc) is 2.36. The molecule has 1 aliphatic heterocycles. The molecule has 22 heavy (non-hydrogen) atoms. The maximum atomic E-state index is 12.0. The number of rotatable bonds is 2. The number of aryl methyl sites for hydroxylation is 1. The highest BCUT2D eigenvalue weighted by Gasteiger charge is 2.27. The zero-order chi connectivity index (χ0) is 16.3. The number of hydrogen-bond acceptors (Lipinski definition) is 6. The minimum Gasteiger partial charge on any atom is -0.444 e. The number of aromatic nitrogens is 2. The number of nitrogen functional groups attached to an aromatic ring is 1. The fraction of sp³-hybridized carbons (Fsp3) is 0.667. The van der Waals surface area contributed by atoms with Crippen LogP contribution in [0.3, 0.4) is 0 Å². The van der Waals surface area contributed by atoms with Gasteiger partial charge in [-0.15, -0.1) is 11.8 Å². The zero-order valence-corrected chi connectivity index (χ0v) is 14.4. The lowest BCUT2D eigenvalue weighted by Gasteiger charge is -2.33. The standard InChI is InChI=1S/C15H24N4O2S/c1-10-17-12(16)9-13(18-10)22-11-5-7-19(8-6-11)14(20)21-15(2,3)4/h9,11H,5-8H2,1-4H3,(H2,16,17,18). The molecule has 1 amide bonds. The van der Waals surface area contributed by atoms with Crippen LogP contribution >= 0.6 is 11.8 Å². The highest BCUT2D eigenvalue weighted by molar-refractivity contribution is 7.99. The molecule has 6 nitrogen and oxygen atoms in total. The van der Waals surface area contributed by atoms with E-state index < -0.39 is 5.60 Å². The van der Waals surface area contributed by atoms with Crippen molar-refractivity contribution >= 4 is 23.7 Å². The summed E-state index contributed by atoms with van der Waals surface area (Å²) < 4.78 is 5.41. The summed E-state index contributed by atoms with van der Waals surface area (Å²) in [5, 5.41) is 1.34. The number of carbonyl (C=O) groups is 1. The number of piperidine rings is 1. The van der Waals surface area contributed by atoms with Gasteiger partial charge < -0.3 is 15.4 Å². The first-order valence-electron chi connectivity index (χ1n) is 7.49. The first-order chi connectivity index (χ1) is 10.2. The zero-order valence-electron chi connectivity index (χ0n) is 13.6. The van der Waals surface area contributed by atoms with Gasteiger partial charge in [0.2, 0.25) is 0 Å². The average molecular weight is 324 g/mol. The van der Waals surface area contributed by atoms with Crippen molar-refractivity contribution in [2.24, 2.45) is 0 Å². The van der Waals surface area contributed by atoms with Crippen molar-refractivity contribution in [2.75, 3.05) is 18.8 Å². The number of thioether (sulfide) groups is 1. The Morgan fingerprint density at radius 1 is 1.36 bits per heavy atom. The van der Waals surface area contributed by atoms with Gasteiger partial charge in [0.25, 0.3) is 0 Å². The third kappa shape index (κ3) is 5.05. The van der Waals surface area contributed by atoms with Crippen LogP contribution in [0.15, 0.2) is 11.1 Å². The van der Waals surface area contributed by atoms with Crippen LogP contribution in [-0.2, 0) is 4.74 Å². The number of anilines is 1. The van der Waals surface area contributed by atoms with Gasteiger partial charge in [0.05, 0.1) is 0 Å². The van der Waals surface area contributed by atoms with Crippen LogP contribution in [0.1, 0.15) is 39.4 Å². The van der Waals surface area contributed by atoms with Crippen LogP contribution in [0.2, 0.25) is 0 Å². The van der Waals surface area contributed by atoms with Crippen molar-refractivity contribution < 1.29 is 9.53 Å². The van der Waals surface area contributed by atoms with E-state index in [1.54, 1.807) is 22.7 Å². The van der Waals surface area contributed by atoms with E-state index in [1.165, 1.54) is 0 Å². The van der Waals surface area contributed by atoms with Gasteiger partial charge in [0.1, 0.15) is 22.3 Å². The van der Waals surface area contributed by atoms with Crippen LogP contribution in [0.25, 0.3) is 0 Å². The van der Waals surface area contributed by atoms with Crippen molar-refractivity contribution in [1.82, 2.24) is 14.9 Å². The van der Waals surface area contributed by atoms with E-state index in [0.29, 0.717) is 30.0 Å². The number of ether oxygens (including phenoxy) is 1. The number of amides is 1. The number of hydrogen-bond donors (Lipinski definition) is 1. The van der Waals surface area contributed by atoms with Gasteiger partial charge in [-0.25, -0.2) is 14.8 Å². The van der Waals surface area contributed by atoms with Crippen molar-refractivity contribution in [3.63, 3.8) is 0 Å². The molecule has 1 aliphatic rings. The Bertz CT molecular complexity index is 517. The van der Waals surface area contributed by atoms with E-state index in [-0.39, 0.29) is 6.09 Å². The highest BCUT2D eigenvalue weighted by atomic mass is 32.2. The molecule has 1 aromatic rings. The quantitative estimate of drug-likeness (QED) is 0.843. The van der Waals surface area contributed by atoms with Gasteiger partial charge in [-0.1, -0.05) is 0 Å². The number of nitrogens with zero attached hydrogens (tertiary/aromatic N) is 3. The summed E-state index contributed by atoms with van der Waals surface area (Å²) in [6.45, 7) is 8.92. The Hall–Kier alpha value is -1.50. The monoisotopic (exact) mass is 324 g/mol. The topological polar surface area (TPSA) is 81.3 Å². The summed E-state index contributed by atoms with van der Waals surface area (Å²) in [6.07, 6.45) is 1.62. The lowest BCUT2D eigenvalue weighted by molar-refractivity contribution is 0.0219. The molecule has 2 N–H and O–H groups in total. The van der Waals surface area contributed by atoms with Crippen LogP contribution in [0.4, 0.5) is 10.6 Å². The normalized spacial score (nSPS) is 16.6. The van der Waals surface area contributed by atoms with Crippen molar-refractivity contribution in [1.29, 1.82) is 0 Å². The Balaban J connectivity index is 1.86. The van der Waals surface area contributed by atoms with E-state index in [1.807, 2.05) is 27.7 Å². The summed E-state index contributed by atoms with van der Waals surface area (Å²) in [4.78, 5) is 22.3. The smallest absolute Gasteiger partial charge is 0.410 e. The van der Waals surface area contributed by atoms with Gasteiger partial charge in [-0.05, 0) is 40.5 Å². The van der Waals surface area contributed by atoms with Crippen molar-refractivity contribution in [3.8, 4) is 0 Å². The van der Waals surface area contributed by atoms with Gasteiger partial charge in [0, 0.05) is 24.4 Å². The first-order valence-corrected chi connectivity index (χ1v) is 8.36. The Morgan fingerprint density at radius 3 is 2.55 bits per heavy atom. The van der Waals surface area contributed by atoms with Crippen LogP contribution in [-0.4, -0.2) is 44.9 Å². The van der Waals surface area contributed by atoms with Gasteiger partial charge in [0.15, 0.2) is 0 Å². The predicted molar refractivity (Wildman–Crippen MR) is 87.9 cm³/mol. The summed E-state index contributed by atoms with van der Waals surface area (Å²) in [6, 6.07) is 1.80. The highest BCUT2D eigenvalue weighted by Crippen LogP contribution is 2.30. The Labute approximate surface area is 135 Å². The molecule has 7 heteroatoms. The lowest BCUT2D eigenvalue weighted by atomic mass is 10.1. The Morgan fingerprint density at radius 2 is 2.00 bits per heavy atom. The molecule has 0 aromatic carbocycles. The van der Waals surface area contributed by atoms with Crippen LogP contribution < -0.4 is 5.73 Å². The molecule has 0 atom stereocenters. The van der Waals surface area contributed by atoms with E-state index in [0.717, 1.165) is 17.9 Å². The van der Waals surface area contributed by atoms with E-state index in [4.69, 9.17) is 10.5 Å². The molecular weight excluding hydrogens is 300 g/mol. The molecule has 2 rings (SSSR count). The molecule has 2 heterocycles. The second-order valence-corrected chi connectivity index (χ2v) is 7.78. The minimum atomic E-state index is -0.446. The number of carbonyl (C=O) groups excluding carboxylic acids is 1. The van der Waals surface area contributed by atoms with E-state index >= 15 is 0 Å². The molecule has 0 radical (unpaired) electrons. The first kappa shape index (κ1) is 16.9. The fourth-order valence-electron chi connectivity index (χ4n) is 2.28. The lowest BCUT2D eigenvalue weighted by Crippen LogP contribution is -2.42. The van der Waals surface area contributed by atoms with Crippen LogP contribution in [0, 0.1) is 6.92 Å². The minimum absolute atomic E-state index is 0.224. The second kappa shape index (κ2) is 6.73. The third-order valence-corrected chi connectivity index (χ3v) is 4.47. The summed E-state index contributed by atoms with van der Waals surface area (Å²) >= 11 is 1.71. The van der Waals surface area contributed by atoms with E-state index in [9.17, 15) is 4.79 Å². The summed E-state index contributed by atoms with van der Waals surface area (Å²) in [5.74, 6) is 1.19. The maximum absolute atomic E-state index is 12.0. The molecule has 0 aliphatic carbocycles. The van der Waals surface area contributed by atoms with Crippen molar-refractivity contribution in [2.45, 2.75) is 56.4 Å². The maximum Gasteiger partial charge on any atom is 0.410 e. The van der Waals surface area contributed by atoms with Gasteiger partial charge >= 0.3 is 6.09 Å². The van der Waals surface area contributed by atoms with Gasteiger partial charge in [-0.3, -0.25) is 0 Å². The van der Waals surface area contributed by atoms with E-state index in [2.05, 4.69) is 9.97 Å². The van der Waals surface area contributed by atoms with Crippen LogP contribution in [0.5, 0.6) is 0 Å². The predicted octanol–water partition coefficient (Wildman–Crippen LogP) is 2.86. The molecule has 0 unspecified atom stereocenters. The summed E-state index contributed by atoms with van der Waals surface area (Å²) in [7, 11) is 0. The number of likely N-dealkylation sites (tertiary alicyclic amines) is 1. The Kier molecular flexibility index (Phi) is 5.16. The second-order valence-electron chi connectivity index (χ2n) is 6.46. The fourth-order valence-corrected chi connectivity index (χ4v) is 3.44. The molecule has 0 spiro atoms. The SMILES string of the molecule is Cc1nc(N)cc(SC2CCN(C(=O)OC(C)(C)C)CC2)n1. The molecule has 0 bridgehead atoms. The summed E-state index contributed by atoms with van der Waals surface area (Å²) in [5.41, 5.74) is 5.31. The largest absolute Gasteiger partial charge is 0.444 e. The molecule has 0 saturated carbocycles. The van der Waals surface area contributed by atoms with Crippen molar-refractivity contribution in [3.05, 3.63) is 11.9 Å². The molecular formula is C15H24N4O2S. The van der Waals surface area contributed by atoms with Gasteiger partial charge in [-0.2, -0.15) is 0 Å².